The highest BCUT2D eigenvalue weighted by molar-refractivity contribution is 6.00. The molecule has 1 aliphatic heterocycles. The third kappa shape index (κ3) is 6.73. The first-order valence-electron chi connectivity index (χ1n) is 7.52. The van der Waals surface area contributed by atoms with E-state index >= 15 is 0 Å². The maximum Gasteiger partial charge on any atom is 0.439 e. The molecule has 0 saturated carbocycles. The van der Waals surface area contributed by atoms with E-state index in [0.717, 1.165) is 5.01 Å². The van der Waals surface area contributed by atoms with Crippen LogP contribution in [-0.2, 0) is 9.47 Å². The molecule has 0 aromatic carbocycles. The van der Waals surface area contributed by atoms with Crippen molar-refractivity contribution < 1.29 is 23.9 Å². The Balaban J connectivity index is 2.96. The number of hydrazine groups is 1. The Morgan fingerprint density at radius 2 is 1.72 bits per heavy atom. The lowest BCUT2D eigenvalue weighted by Crippen LogP contribution is -2.58. The van der Waals surface area contributed by atoms with Crippen molar-refractivity contribution >= 4 is 23.9 Å². The number of carbonyl (C=O) groups excluding carboxylic acids is 3. The van der Waals surface area contributed by atoms with Crippen LogP contribution in [0.5, 0.6) is 0 Å². The van der Waals surface area contributed by atoms with E-state index in [9.17, 15) is 19.3 Å². The summed E-state index contributed by atoms with van der Waals surface area (Å²) >= 11 is 0. The number of nitroso groups, excluding NO2 is 1. The van der Waals surface area contributed by atoms with E-state index in [-0.39, 0.29) is 18.8 Å². The summed E-state index contributed by atoms with van der Waals surface area (Å²) in [6, 6.07) is -0.949. The fraction of sp³-hybridized carbons (Fsp3) is 0.714. The molecule has 0 aliphatic carbocycles. The van der Waals surface area contributed by atoms with Gasteiger partial charge in [0, 0.05) is 0 Å². The molecule has 0 fully saturated rings. The molecule has 140 valence electrons. The predicted molar refractivity (Wildman–Crippen MR) is 87.6 cm³/mol. The van der Waals surface area contributed by atoms with Crippen molar-refractivity contribution in [3.05, 3.63) is 4.91 Å². The molecule has 11 nitrogen and oxygen atoms in total. The summed E-state index contributed by atoms with van der Waals surface area (Å²) < 4.78 is 10.1. The van der Waals surface area contributed by atoms with Crippen LogP contribution in [0.3, 0.4) is 0 Å². The zero-order valence-electron chi connectivity index (χ0n) is 15.2. The van der Waals surface area contributed by atoms with Crippen molar-refractivity contribution in [2.24, 2.45) is 10.3 Å². The summed E-state index contributed by atoms with van der Waals surface area (Å²) in [5.74, 6) is 0. The molecule has 0 saturated heterocycles. The van der Waals surface area contributed by atoms with Gasteiger partial charge >= 0.3 is 18.2 Å². The van der Waals surface area contributed by atoms with Crippen LogP contribution in [0.1, 0.15) is 41.5 Å². The summed E-state index contributed by atoms with van der Waals surface area (Å²) in [4.78, 5) is 46.8. The van der Waals surface area contributed by atoms with Crippen molar-refractivity contribution in [1.29, 1.82) is 0 Å². The zero-order chi connectivity index (χ0) is 19.4. The minimum atomic E-state index is -1.04. The molecular weight excluding hydrogens is 334 g/mol. The van der Waals surface area contributed by atoms with Crippen LogP contribution in [0.2, 0.25) is 0 Å². The maximum absolute atomic E-state index is 12.4. The number of rotatable bonds is 3. The zero-order valence-corrected chi connectivity index (χ0v) is 15.2. The van der Waals surface area contributed by atoms with Crippen LogP contribution in [0.25, 0.3) is 0 Å². The van der Waals surface area contributed by atoms with Crippen molar-refractivity contribution in [3.8, 4) is 0 Å². The highest BCUT2D eigenvalue weighted by Gasteiger charge is 2.36. The maximum atomic E-state index is 12.4. The second-order valence-electron chi connectivity index (χ2n) is 7.23. The predicted octanol–water partition coefficient (Wildman–Crippen LogP) is 2.22. The highest BCUT2D eigenvalue weighted by Crippen LogP contribution is 2.15. The van der Waals surface area contributed by atoms with Crippen molar-refractivity contribution in [2.75, 3.05) is 13.1 Å². The van der Waals surface area contributed by atoms with Crippen LogP contribution >= 0.6 is 0 Å². The number of amides is 4. The van der Waals surface area contributed by atoms with E-state index in [0.29, 0.717) is 5.01 Å². The number of hydrogen-bond acceptors (Lipinski definition) is 8. The quantitative estimate of drug-likeness (QED) is 0.771. The first-order chi connectivity index (χ1) is 11.3. The third-order valence-electron chi connectivity index (χ3n) is 2.43. The largest absolute Gasteiger partial charge is 0.443 e. The fourth-order valence-electron chi connectivity index (χ4n) is 1.66. The fourth-order valence-corrected chi connectivity index (χ4v) is 1.66. The Labute approximate surface area is 145 Å². The number of imide groups is 1. The molecule has 11 heteroatoms. The van der Waals surface area contributed by atoms with E-state index in [1.54, 1.807) is 41.5 Å². The first-order valence-corrected chi connectivity index (χ1v) is 7.52. The molecule has 0 aromatic heterocycles. The molecule has 1 rings (SSSR count). The second kappa shape index (κ2) is 7.45. The average molecular weight is 357 g/mol. The molecule has 0 radical (unpaired) electrons. The van der Waals surface area contributed by atoms with Crippen LogP contribution < -0.4 is 5.43 Å². The van der Waals surface area contributed by atoms with Crippen LogP contribution in [-0.4, -0.2) is 58.2 Å². The molecule has 0 atom stereocenters. The smallest absolute Gasteiger partial charge is 0.439 e. The van der Waals surface area contributed by atoms with Gasteiger partial charge in [0.25, 0.3) is 0 Å². The van der Waals surface area contributed by atoms with Crippen LogP contribution in [0.4, 0.5) is 14.4 Å². The Kier molecular flexibility index (Phi) is 6.05. The molecule has 0 aromatic rings. The summed E-state index contributed by atoms with van der Waals surface area (Å²) in [5.41, 5.74) is 0.657. The van der Waals surface area contributed by atoms with Gasteiger partial charge in [-0.15, -0.1) is 5.01 Å². The normalized spacial score (nSPS) is 15.4. The van der Waals surface area contributed by atoms with Gasteiger partial charge in [-0.3, -0.25) is 0 Å². The van der Waals surface area contributed by atoms with Gasteiger partial charge in [-0.05, 0) is 41.5 Å². The van der Waals surface area contributed by atoms with Crippen LogP contribution in [0.15, 0.2) is 10.3 Å². The minimum Gasteiger partial charge on any atom is -0.443 e. The van der Waals surface area contributed by atoms with Gasteiger partial charge in [-0.2, -0.15) is 10.0 Å². The molecule has 1 aliphatic rings. The van der Waals surface area contributed by atoms with Crippen molar-refractivity contribution in [2.45, 2.75) is 52.7 Å². The monoisotopic (exact) mass is 357 g/mol. The summed E-state index contributed by atoms with van der Waals surface area (Å²) in [7, 11) is 0. The Bertz CT molecular complexity index is 590. The number of urea groups is 1. The SMILES string of the molecule is CC(C)(C)OC(=O)NN1CC(CN=O)=NN(C(=O)OC(C)(C)C)C1=O. The molecular formula is C14H23N5O6. The first kappa shape index (κ1) is 20.3. The molecule has 0 spiro atoms. The van der Waals surface area contributed by atoms with Gasteiger partial charge in [-0.25, -0.2) is 24.8 Å². The molecule has 1 heterocycles. The van der Waals surface area contributed by atoms with Crippen LogP contribution in [0, 0.1) is 4.91 Å². The lowest BCUT2D eigenvalue weighted by atomic mass is 10.2. The van der Waals surface area contributed by atoms with E-state index in [1.165, 1.54) is 0 Å². The van der Waals surface area contributed by atoms with Gasteiger partial charge < -0.3 is 9.47 Å². The number of hydrazone groups is 1. The number of nitrogens with one attached hydrogen (secondary N) is 1. The van der Waals surface area contributed by atoms with E-state index in [1.807, 2.05) is 0 Å². The van der Waals surface area contributed by atoms with Gasteiger partial charge in [0.15, 0.2) is 0 Å². The van der Waals surface area contributed by atoms with Gasteiger partial charge in [0.1, 0.15) is 17.7 Å². The van der Waals surface area contributed by atoms with E-state index < -0.39 is 29.4 Å². The van der Waals surface area contributed by atoms with Crippen molar-refractivity contribution in [3.63, 3.8) is 0 Å². The standard InChI is InChI=1S/C14H23N5O6/c1-13(2,3)24-10(20)17-18-8-9(7-15-23)16-19(11(18)21)12(22)25-14(4,5)6/h7-8H2,1-6H3,(H,17,20). The summed E-state index contributed by atoms with van der Waals surface area (Å²) in [6.07, 6.45) is -1.94. The molecule has 0 bridgehead atoms. The molecule has 4 amide bonds. The molecule has 0 unspecified atom stereocenters. The second-order valence-corrected chi connectivity index (χ2v) is 7.23. The van der Waals surface area contributed by atoms with Gasteiger partial charge in [0.05, 0.1) is 12.3 Å². The Morgan fingerprint density at radius 1 is 1.16 bits per heavy atom. The number of ether oxygens (including phenoxy) is 2. The lowest BCUT2D eigenvalue weighted by Gasteiger charge is -2.32. The lowest BCUT2D eigenvalue weighted by molar-refractivity contribution is 0.0191. The number of carbonyl (C=O) groups is 3. The number of nitrogens with zero attached hydrogens (tertiary/aromatic N) is 4. The topological polar surface area (TPSA) is 130 Å². The highest BCUT2D eigenvalue weighted by atomic mass is 16.6. The Morgan fingerprint density at radius 3 is 2.20 bits per heavy atom. The third-order valence-corrected chi connectivity index (χ3v) is 2.43. The molecule has 25 heavy (non-hydrogen) atoms. The van der Waals surface area contributed by atoms with Crippen molar-refractivity contribution in [1.82, 2.24) is 15.4 Å². The number of hydrogen-bond donors (Lipinski definition) is 1. The van der Waals surface area contributed by atoms with E-state index in [4.69, 9.17) is 9.47 Å². The molecule has 1 N–H and O–H groups in total. The van der Waals surface area contributed by atoms with Gasteiger partial charge in [0.2, 0.25) is 0 Å². The average Bonchev–Trinajstić information content (AvgIpc) is 2.38. The summed E-state index contributed by atoms with van der Waals surface area (Å²) in [6.45, 7) is 9.24. The Hall–Kier alpha value is -2.72. The summed E-state index contributed by atoms with van der Waals surface area (Å²) in [5, 5.41) is 7.67. The van der Waals surface area contributed by atoms with E-state index in [2.05, 4.69) is 15.7 Å². The van der Waals surface area contributed by atoms with Gasteiger partial charge in [-0.1, -0.05) is 5.18 Å². The minimum absolute atomic E-state index is 0.0940.